The highest BCUT2D eigenvalue weighted by molar-refractivity contribution is 5.69. The molecule has 1 aliphatic heterocycles. The van der Waals surface area contributed by atoms with Crippen LogP contribution >= 0.6 is 0 Å². The Balaban J connectivity index is 1.60. The highest BCUT2D eigenvalue weighted by atomic mass is 19.1. The van der Waals surface area contributed by atoms with E-state index in [9.17, 15) is 18.7 Å². The molecule has 0 saturated carbocycles. The molecule has 0 aromatic heterocycles. The van der Waals surface area contributed by atoms with Crippen LogP contribution in [0.5, 0.6) is 0 Å². The Morgan fingerprint density at radius 2 is 1.92 bits per heavy atom. The summed E-state index contributed by atoms with van der Waals surface area (Å²) in [4.78, 5) is 13.9. The first-order valence-corrected chi connectivity index (χ1v) is 14.1. The zero-order chi connectivity index (χ0) is 28.4. The molecule has 0 spiro atoms. The van der Waals surface area contributed by atoms with E-state index < -0.39 is 6.10 Å². The van der Waals surface area contributed by atoms with Gasteiger partial charge in [-0.15, -0.1) is 0 Å². The summed E-state index contributed by atoms with van der Waals surface area (Å²) >= 11 is 0. The zero-order valence-corrected chi connectivity index (χ0v) is 23.7. The number of nitrogens with zero attached hydrogens (tertiary/aromatic N) is 1. The summed E-state index contributed by atoms with van der Waals surface area (Å²) in [6.45, 7) is 9.07. The molecule has 3 atom stereocenters. The van der Waals surface area contributed by atoms with Crippen LogP contribution in [-0.4, -0.2) is 54.4 Å². The molecule has 7 heteroatoms. The van der Waals surface area contributed by atoms with Crippen LogP contribution in [-0.2, 0) is 20.7 Å². The molecule has 5 nitrogen and oxygen atoms in total. The fourth-order valence-electron chi connectivity index (χ4n) is 5.17. The fourth-order valence-corrected chi connectivity index (χ4v) is 5.17. The first-order chi connectivity index (χ1) is 18.7. The van der Waals surface area contributed by atoms with Crippen LogP contribution in [0.15, 0.2) is 36.4 Å². The van der Waals surface area contributed by atoms with Gasteiger partial charge in [0.1, 0.15) is 11.6 Å². The maximum absolute atomic E-state index is 14.6. The van der Waals surface area contributed by atoms with Crippen molar-refractivity contribution in [2.45, 2.75) is 84.5 Å². The van der Waals surface area contributed by atoms with Gasteiger partial charge < -0.3 is 14.6 Å². The first-order valence-electron chi connectivity index (χ1n) is 14.1. The number of benzene rings is 2. The Morgan fingerprint density at radius 3 is 2.64 bits per heavy atom. The Morgan fingerprint density at radius 1 is 1.15 bits per heavy atom. The van der Waals surface area contributed by atoms with Gasteiger partial charge in [-0.25, -0.2) is 8.78 Å². The lowest BCUT2D eigenvalue weighted by molar-refractivity contribution is -0.143. The standard InChI is InChI=1S/C32H43F2NO4/c1-5-31(28-19-30(34)23(4)16-25(28)10-7-8-12-32(37)38-6-2)39-21-27(36)20-35-15-9-11-26(35)17-24-14-13-22(3)29(33)18-24/h7,10,13-14,16,18-19,26-27,31,36H,5-6,8-9,11-12,15,17,20-21H2,1-4H3/t26-,27+,31+/m0/s1. The number of esters is 1. The van der Waals surface area contributed by atoms with E-state index >= 15 is 0 Å². The van der Waals surface area contributed by atoms with E-state index in [1.54, 1.807) is 32.9 Å². The Hall–Kier alpha value is -2.61. The van der Waals surface area contributed by atoms with Gasteiger partial charge in [0, 0.05) is 19.0 Å². The molecular formula is C32H43F2NO4. The maximum atomic E-state index is 14.6. The van der Waals surface area contributed by atoms with E-state index in [0.29, 0.717) is 37.1 Å². The van der Waals surface area contributed by atoms with Gasteiger partial charge in [-0.1, -0.05) is 31.2 Å². The number of halogens is 2. The predicted molar refractivity (Wildman–Crippen MR) is 150 cm³/mol. The molecule has 3 rings (SSSR count). The fraction of sp³-hybridized carbons (Fsp3) is 0.531. The number of allylic oxidation sites excluding steroid dienone is 1. The van der Waals surface area contributed by atoms with Gasteiger partial charge in [-0.05, 0) is 105 Å². The molecule has 0 bridgehead atoms. The van der Waals surface area contributed by atoms with Crippen molar-refractivity contribution in [1.82, 2.24) is 4.90 Å². The van der Waals surface area contributed by atoms with Gasteiger partial charge in [-0.2, -0.15) is 0 Å². The van der Waals surface area contributed by atoms with E-state index in [-0.39, 0.29) is 42.8 Å². The normalized spacial score (nSPS) is 17.6. The first kappa shape index (κ1) is 30.9. The Labute approximate surface area is 231 Å². The molecule has 0 radical (unpaired) electrons. The largest absolute Gasteiger partial charge is 0.466 e. The summed E-state index contributed by atoms with van der Waals surface area (Å²) in [5, 5.41) is 10.8. The van der Waals surface area contributed by atoms with Crippen LogP contribution in [0, 0.1) is 25.5 Å². The highest BCUT2D eigenvalue weighted by Gasteiger charge is 2.27. The quantitative estimate of drug-likeness (QED) is 0.277. The second-order valence-electron chi connectivity index (χ2n) is 10.4. The number of rotatable bonds is 14. The molecule has 39 heavy (non-hydrogen) atoms. The summed E-state index contributed by atoms with van der Waals surface area (Å²) < 4.78 is 39.7. The van der Waals surface area contributed by atoms with Crippen molar-refractivity contribution in [3.05, 3.63) is 75.9 Å². The van der Waals surface area contributed by atoms with Gasteiger partial charge in [0.25, 0.3) is 0 Å². The Bertz CT molecular complexity index is 1120. The Kier molecular flexibility index (Phi) is 12.1. The van der Waals surface area contributed by atoms with Crippen molar-refractivity contribution >= 4 is 12.0 Å². The third-order valence-electron chi connectivity index (χ3n) is 7.34. The summed E-state index contributed by atoms with van der Waals surface area (Å²) in [6.07, 6.45) is 6.92. The number of hydrogen-bond donors (Lipinski definition) is 1. The van der Waals surface area contributed by atoms with Gasteiger partial charge in [0.05, 0.1) is 25.4 Å². The number of ether oxygens (including phenoxy) is 2. The van der Waals surface area contributed by atoms with Crippen LogP contribution in [0.3, 0.4) is 0 Å². The molecule has 2 aromatic carbocycles. The molecule has 0 unspecified atom stereocenters. The van der Waals surface area contributed by atoms with Crippen molar-refractivity contribution in [2.75, 3.05) is 26.3 Å². The number of aliphatic hydroxyl groups excluding tert-OH is 1. The lowest BCUT2D eigenvalue weighted by Gasteiger charge is -2.28. The molecule has 214 valence electrons. The van der Waals surface area contributed by atoms with E-state index in [0.717, 1.165) is 42.5 Å². The van der Waals surface area contributed by atoms with E-state index in [2.05, 4.69) is 4.90 Å². The number of carbonyl (C=O) groups is 1. The monoisotopic (exact) mass is 543 g/mol. The second-order valence-corrected chi connectivity index (χ2v) is 10.4. The number of β-amino-alcohol motifs (C(OH)–C–C–N with tert-alkyl or cyclic N) is 1. The molecule has 1 fully saturated rings. The van der Waals surface area contributed by atoms with Crippen LogP contribution < -0.4 is 0 Å². The maximum Gasteiger partial charge on any atom is 0.306 e. The van der Waals surface area contributed by atoms with Crippen molar-refractivity contribution < 1.29 is 28.2 Å². The van der Waals surface area contributed by atoms with Crippen LogP contribution in [0.4, 0.5) is 8.78 Å². The van der Waals surface area contributed by atoms with Crippen LogP contribution in [0.25, 0.3) is 6.08 Å². The summed E-state index contributed by atoms with van der Waals surface area (Å²) in [7, 11) is 0. The predicted octanol–water partition coefficient (Wildman–Crippen LogP) is 6.47. The van der Waals surface area contributed by atoms with Gasteiger partial charge in [0.15, 0.2) is 0 Å². The summed E-state index contributed by atoms with van der Waals surface area (Å²) in [5.41, 5.74) is 3.71. The highest BCUT2D eigenvalue weighted by Crippen LogP contribution is 2.29. The topological polar surface area (TPSA) is 59.0 Å². The molecule has 1 heterocycles. The van der Waals surface area contributed by atoms with Crippen molar-refractivity contribution in [2.24, 2.45) is 0 Å². The van der Waals surface area contributed by atoms with Crippen molar-refractivity contribution in [3.8, 4) is 0 Å². The van der Waals surface area contributed by atoms with Gasteiger partial charge in [0.2, 0.25) is 0 Å². The van der Waals surface area contributed by atoms with Gasteiger partial charge >= 0.3 is 5.97 Å². The van der Waals surface area contributed by atoms with E-state index in [1.807, 2.05) is 31.2 Å². The van der Waals surface area contributed by atoms with Crippen LogP contribution in [0.2, 0.25) is 0 Å². The molecule has 0 aliphatic carbocycles. The average Bonchev–Trinajstić information content (AvgIpc) is 3.33. The summed E-state index contributed by atoms with van der Waals surface area (Å²) in [5.74, 6) is -0.728. The number of carbonyl (C=O) groups excluding carboxylic acids is 1. The number of aryl methyl sites for hydroxylation is 2. The third-order valence-corrected chi connectivity index (χ3v) is 7.34. The zero-order valence-electron chi connectivity index (χ0n) is 23.7. The van der Waals surface area contributed by atoms with Gasteiger partial charge in [-0.3, -0.25) is 9.69 Å². The average molecular weight is 544 g/mol. The number of aliphatic hydroxyl groups is 1. The molecule has 1 N–H and O–H groups in total. The third kappa shape index (κ3) is 9.23. The molecule has 1 saturated heterocycles. The van der Waals surface area contributed by atoms with Crippen LogP contribution in [0.1, 0.15) is 79.9 Å². The SMILES string of the molecule is CCOC(=O)CCC=Cc1cc(C)c(F)cc1[C@@H](CC)OC[C@H](O)CN1CCC[C@H]1Cc1ccc(C)c(F)c1. The lowest BCUT2D eigenvalue weighted by atomic mass is 9.97. The lowest BCUT2D eigenvalue weighted by Crippen LogP contribution is -2.39. The van der Waals surface area contributed by atoms with Crippen molar-refractivity contribution in [3.63, 3.8) is 0 Å². The molecule has 2 aromatic rings. The summed E-state index contributed by atoms with van der Waals surface area (Å²) in [6, 6.07) is 8.95. The molecule has 1 aliphatic rings. The minimum absolute atomic E-state index is 0.127. The second kappa shape index (κ2) is 15.2. The van der Waals surface area contributed by atoms with E-state index in [1.165, 1.54) is 6.07 Å². The number of hydrogen-bond acceptors (Lipinski definition) is 5. The minimum Gasteiger partial charge on any atom is -0.466 e. The van der Waals surface area contributed by atoms with Crippen molar-refractivity contribution in [1.29, 1.82) is 0 Å². The molecule has 0 amide bonds. The smallest absolute Gasteiger partial charge is 0.306 e. The molecular weight excluding hydrogens is 500 g/mol. The van der Waals surface area contributed by atoms with E-state index in [4.69, 9.17) is 9.47 Å². The minimum atomic E-state index is -0.701. The number of likely N-dealkylation sites (tertiary alicyclic amines) is 1.